The van der Waals surface area contributed by atoms with Crippen LogP contribution in [0.25, 0.3) is 0 Å². The standard InChI is InChI=1S/C28H39N3O7/c1-7-23(30(4)15-13-22-8-10-24(34-5)26(18-22)35-6)28(20(2)3)38-27-19-21(12-14-29)9-11-25(27)36-16-17-37-31(32)33/h8-11,18-20,23,28H,7,12-13,15-17H2,1-6H3. The minimum Gasteiger partial charge on any atom is -0.493 e. The lowest BCUT2D eigenvalue weighted by Crippen LogP contribution is -2.47. The van der Waals surface area contributed by atoms with Gasteiger partial charge in [-0.15, -0.1) is 10.1 Å². The molecule has 0 amide bonds. The van der Waals surface area contributed by atoms with Gasteiger partial charge in [0, 0.05) is 12.6 Å². The second-order valence-electron chi connectivity index (χ2n) is 9.24. The van der Waals surface area contributed by atoms with Gasteiger partial charge in [-0.1, -0.05) is 32.9 Å². The molecule has 0 aliphatic rings. The molecule has 0 heterocycles. The van der Waals surface area contributed by atoms with Gasteiger partial charge in [0.2, 0.25) is 0 Å². The molecule has 0 aromatic heterocycles. The lowest BCUT2D eigenvalue weighted by atomic mass is 9.95. The summed E-state index contributed by atoms with van der Waals surface area (Å²) in [6.45, 7) is 6.95. The van der Waals surface area contributed by atoms with Crippen LogP contribution in [0.15, 0.2) is 36.4 Å². The molecule has 2 aromatic carbocycles. The second-order valence-corrected chi connectivity index (χ2v) is 9.24. The number of hydrogen-bond donors (Lipinski definition) is 0. The van der Waals surface area contributed by atoms with Gasteiger partial charge in [-0.2, -0.15) is 5.26 Å². The molecule has 0 N–H and O–H groups in total. The van der Waals surface area contributed by atoms with E-state index in [1.54, 1.807) is 32.4 Å². The van der Waals surface area contributed by atoms with Crippen LogP contribution in [0.3, 0.4) is 0 Å². The maximum atomic E-state index is 10.4. The van der Waals surface area contributed by atoms with Crippen molar-refractivity contribution in [2.24, 2.45) is 5.92 Å². The van der Waals surface area contributed by atoms with Crippen molar-refractivity contribution < 1.29 is 28.9 Å². The largest absolute Gasteiger partial charge is 0.493 e. The van der Waals surface area contributed by atoms with Crippen molar-refractivity contribution >= 4 is 0 Å². The quantitative estimate of drug-likeness (QED) is 0.163. The Bertz CT molecular complexity index is 1070. The van der Waals surface area contributed by atoms with Crippen molar-refractivity contribution in [3.63, 3.8) is 0 Å². The first kappa shape index (κ1) is 30.5. The first-order valence-electron chi connectivity index (χ1n) is 12.7. The number of likely N-dealkylation sites (N-methyl/N-ethyl adjacent to an activating group) is 1. The summed E-state index contributed by atoms with van der Waals surface area (Å²) in [4.78, 5) is 17.1. The fourth-order valence-corrected chi connectivity index (χ4v) is 4.34. The lowest BCUT2D eigenvalue weighted by Gasteiger charge is -2.37. The van der Waals surface area contributed by atoms with Crippen LogP contribution in [-0.2, 0) is 17.7 Å². The topological polar surface area (TPSA) is 116 Å². The zero-order valence-corrected chi connectivity index (χ0v) is 23.1. The zero-order chi connectivity index (χ0) is 28.1. The van der Waals surface area contributed by atoms with Crippen molar-refractivity contribution in [1.29, 1.82) is 5.26 Å². The predicted octanol–water partition coefficient (Wildman–Crippen LogP) is 4.71. The Morgan fingerprint density at radius 3 is 2.26 bits per heavy atom. The van der Waals surface area contributed by atoms with Gasteiger partial charge in [0.05, 0.1) is 26.7 Å². The third kappa shape index (κ3) is 8.99. The first-order valence-corrected chi connectivity index (χ1v) is 12.7. The fraction of sp³-hybridized carbons (Fsp3) is 0.536. The first-order chi connectivity index (χ1) is 18.2. The molecule has 2 atom stereocenters. The van der Waals surface area contributed by atoms with Crippen molar-refractivity contribution in [3.05, 3.63) is 57.6 Å². The molecule has 0 aliphatic carbocycles. The number of nitrogens with zero attached hydrogens (tertiary/aromatic N) is 3. The maximum absolute atomic E-state index is 10.4. The molecule has 2 aromatic rings. The van der Waals surface area contributed by atoms with Crippen LogP contribution in [0.2, 0.25) is 0 Å². The summed E-state index contributed by atoms with van der Waals surface area (Å²) in [5, 5.41) is 18.8. The summed E-state index contributed by atoms with van der Waals surface area (Å²) in [6.07, 6.45) is 1.73. The third-order valence-electron chi connectivity index (χ3n) is 6.31. The average Bonchev–Trinajstić information content (AvgIpc) is 2.90. The van der Waals surface area contributed by atoms with Crippen LogP contribution in [0.4, 0.5) is 0 Å². The monoisotopic (exact) mass is 529 g/mol. The number of rotatable bonds is 17. The van der Waals surface area contributed by atoms with Gasteiger partial charge in [0.25, 0.3) is 5.09 Å². The molecular weight excluding hydrogens is 490 g/mol. The third-order valence-corrected chi connectivity index (χ3v) is 6.31. The van der Waals surface area contributed by atoms with E-state index in [1.165, 1.54) is 0 Å². The summed E-state index contributed by atoms with van der Waals surface area (Å²) in [5.41, 5.74) is 1.94. The van der Waals surface area contributed by atoms with Crippen LogP contribution < -0.4 is 18.9 Å². The summed E-state index contributed by atoms with van der Waals surface area (Å²) in [7, 11) is 5.34. The van der Waals surface area contributed by atoms with E-state index in [9.17, 15) is 10.1 Å². The van der Waals surface area contributed by atoms with E-state index in [0.29, 0.717) is 23.0 Å². The van der Waals surface area contributed by atoms with Crippen LogP contribution in [0.1, 0.15) is 38.3 Å². The highest BCUT2D eigenvalue weighted by molar-refractivity contribution is 5.44. The van der Waals surface area contributed by atoms with E-state index >= 15 is 0 Å². The number of ether oxygens (including phenoxy) is 4. The van der Waals surface area contributed by atoms with Gasteiger partial charge in [-0.05, 0) is 61.2 Å². The van der Waals surface area contributed by atoms with E-state index in [4.69, 9.17) is 24.2 Å². The average molecular weight is 530 g/mol. The van der Waals surface area contributed by atoms with E-state index < -0.39 is 5.09 Å². The molecule has 0 radical (unpaired) electrons. The highest BCUT2D eigenvalue weighted by Gasteiger charge is 2.29. The molecule has 0 saturated carbocycles. The lowest BCUT2D eigenvalue weighted by molar-refractivity contribution is -0.757. The van der Waals surface area contributed by atoms with Gasteiger partial charge >= 0.3 is 0 Å². The fourth-order valence-electron chi connectivity index (χ4n) is 4.34. The van der Waals surface area contributed by atoms with Gasteiger partial charge in [0.1, 0.15) is 19.3 Å². The van der Waals surface area contributed by atoms with Gasteiger partial charge in [-0.25, -0.2) is 0 Å². The molecule has 0 bridgehead atoms. The highest BCUT2D eigenvalue weighted by atomic mass is 17.0. The normalized spacial score (nSPS) is 12.5. The van der Waals surface area contributed by atoms with Crippen molar-refractivity contribution in [3.8, 4) is 29.1 Å². The molecular formula is C28H39N3O7. The minimum atomic E-state index is -0.852. The predicted molar refractivity (Wildman–Crippen MR) is 143 cm³/mol. The SMILES string of the molecule is CCC(C(Oc1cc(CC#N)ccc1OCCO[N+](=O)[O-])C(C)C)N(C)CCc1ccc(OC)c(OC)c1. The second kappa shape index (κ2) is 15.5. The number of benzene rings is 2. The molecule has 208 valence electrons. The number of methoxy groups -OCH3 is 2. The summed E-state index contributed by atoms with van der Waals surface area (Å²) in [6, 6.07) is 13.5. The number of nitriles is 1. The van der Waals surface area contributed by atoms with E-state index in [-0.39, 0.29) is 37.7 Å². The Morgan fingerprint density at radius 2 is 1.66 bits per heavy atom. The number of hydrogen-bond acceptors (Lipinski definition) is 9. The highest BCUT2D eigenvalue weighted by Crippen LogP contribution is 2.33. The van der Waals surface area contributed by atoms with Crippen molar-refractivity contribution in [2.75, 3.05) is 41.0 Å². The minimum absolute atomic E-state index is 0.0102. The summed E-state index contributed by atoms with van der Waals surface area (Å²) < 4.78 is 23.1. The van der Waals surface area contributed by atoms with Crippen LogP contribution in [0, 0.1) is 27.4 Å². The Morgan fingerprint density at radius 1 is 1.00 bits per heavy atom. The molecule has 0 fully saturated rings. The Hall–Kier alpha value is -3.71. The van der Waals surface area contributed by atoms with Gasteiger partial charge in [0.15, 0.2) is 23.0 Å². The summed E-state index contributed by atoms with van der Waals surface area (Å²) in [5.74, 6) is 2.53. The molecule has 38 heavy (non-hydrogen) atoms. The van der Waals surface area contributed by atoms with E-state index in [0.717, 1.165) is 30.5 Å². The van der Waals surface area contributed by atoms with Crippen LogP contribution in [-0.4, -0.2) is 63.2 Å². The molecule has 10 nitrogen and oxygen atoms in total. The molecule has 2 unspecified atom stereocenters. The van der Waals surface area contributed by atoms with E-state index in [1.807, 2.05) is 18.2 Å². The Balaban J connectivity index is 2.20. The zero-order valence-electron chi connectivity index (χ0n) is 23.1. The smallest absolute Gasteiger partial charge is 0.294 e. The van der Waals surface area contributed by atoms with Gasteiger partial charge < -0.3 is 23.8 Å². The Kier molecular flexibility index (Phi) is 12.5. The summed E-state index contributed by atoms with van der Waals surface area (Å²) >= 11 is 0. The molecule has 10 heteroatoms. The molecule has 2 rings (SSSR count). The van der Waals surface area contributed by atoms with Gasteiger partial charge in [-0.3, -0.25) is 4.90 Å². The molecule has 0 aliphatic heterocycles. The van der Waals surface area contributed by atoms with Crippen LogP contribution in [0.5, 0.6) is 23.0 Å². The van der Waals surface area contributed by atoms with Crippen LogP contribution >= 0.6 is 0 Å². The molecule has 0 spiro atoms. The maximum Gasteiger partial charge on any atom is 0.294 e. The molecule has 0 saturated heterocycles. The van der Waals surface area contributed by atoms with E-state index in [2.05, 4.69) is 43.6 Å². The Labute approximate surface area is 225 Å². The van der Waals surface area contributed by atoms with Crippen molar-refractivity contribution in [2.45, 2.75) is 52.2 Å². The van der Waals surface area contributed by atoms with Crippen molar-refractivity contribution in [1.82, 2.24) is 4.90 Å².